The Morgan fingerprint density at radius 1 is 1.34 bits per heavy atom. The van der Waals surface area contributed by atoms with E-state index in [0.717, 1.165) is 32.1 Å². The third kappa shape index (κ3) is 3.75. The zero-order valence-electron chi connectivity index (χ0n) is 18.6. The molecule has 1 amide bonds. The summed E-state index contributed by atoms with van der Waals surface area (Å²) < 4.78 is 3.28. The second kappa shape index (κ2) is 7.59. The molecule has 0 radical (unpaired) electrons. The standard InChI is InChI=1S/C24H30N6O2/c1-23(2,4-6-25)5-9-30-22(29-8-3-7-26-29)19(15-27-30)21(31)28-20-17-10-16-11-18(20)14-24(32,12-16)13-17/h3,5,7-9,15-18,20,32H,4,10-14H2,1-2H3,(H,28,31)/b9-5+. The zero-order valence-corrected chi connectivity index (χ0v) is 18.6. The molecule has 4 fully saturated rings. The lowest BCUT2D eigenvalue weighted by Crippen LogP contribution is -2.61. The number of aromatic nitrogens is 4. The van der Waals surface area contributed by atoms with Crippen LogP contribution in [0, 0.1) is 34.5 Å². The molecule has 4 saturated carbocycles. The fraction of sp³-hybridized carbons (Fsp3) is 0.583. The first-order chi connectivity index (χ1) is 15.3. The number of aliphatic hydroxyl groups is 1. The van der Waals surface area contributed by atoms with Crippen molar-refractivity contribution in [2.75, 3.05) is 0 Å². The number of nitrogens with one attached hydrogen (secondary N) is 1. The summed E-state index contributed by atoms with van der Waals surface area (Å²) in [6.45, 7) is 3.97. The van der Waals surface area contributed by atoms with Gasteiger partial charge in [-0.25, -0.2) is 9.36 Å². The highest BCUT2D eigenvalue weighted by Gasteiger charge is 2.55. The molecule has 2 aromatic rings. The number of allylic oxidation sites excluding steroid dienone is 1. The van der Waals surface area contributed by atoms with Crippen LogP contribution in [0.15, 0.2) is 30.7 Å². The molecule has 168 valence electrons. The Balaban J connectivity index is 1.41. The average molecular weight is 435 g/mol. The summed E-state index contributed by atoms with van der Waals surface area (Å²) in [5.74, 6) is 1.68. The highest BCUT2D eigenvalue weighted by molar-refractivity contribution is 5.97. The average Bonchev–Trinajstić information content (AvgIpc) is 3.37. The molecule has 2 heterocycles. The maximum Gasteiger partial charge on any atom is 0.257 e. The van der Waals surface area contributed by atoms with Gasteiger partial charge < -0.3 is 10.4 Å². The van der Waals surface area contributed by atoms with E-state index >= 15 is 0 Å². The number of hydrogen-bond donors (Lipinski definition) is 2. The lowest BCUT2D eigenvalue weighted by molar-refractivity contribution is -0.136. The van der Waals surface area contributed by atoms with E-state index in [-0.39, 0.29) is 17.4 Å². The number of amides is 1. The quantitative estimate of drug-likeness (QED) is 0.726. The topological polar surface area (TPSA) is 109 Å². The molecular weight excluding hydrogens is 404 g/mol. The van der Waals surface area contributed by atoms with Gasteiger partial charge in [0.25, 0.3) is 5.91 Å². The molecule has 0 aromatic carbocycles. The van der Waals surface area contributed by atoms with Crippen molar-refractivity contribution in [1.29, 1.82) is 5.26 Å². The van der Waals surface area contributed by atoms with Gasteiger partial charge in [0.05, 0.1) is 17.9 Å². The third-order valence-electron chi connectivity index (χ3n) is 7.48. The van der Waals surface area contributed by atoms with E-state index in [1.165, 1.54) is 0 Å². The van der Waals surface area contributed by atoms with Crippen LogP contribution in [0.1, 0.15) is 62.7 Å². The number of nitrogens with zero attached hydrogens (tertiary/aromatic N) is 5. The van der Waals surface area contributed by atoms with Crippen molar-refractivity contribution in [2.24, 2.45) is 23.2 Å². The predicted octanol–water partition coefficient (Wildman–Crippen LogP) is 3.15. The lowest BCUT2D eigenvalue weighted by Gasteiger charge is -2.58. The van der Waals surface area contributed by atoms with Crippen LogP contribution in [0.5, 0.6) is 0 Å². The van der Waals surface area contributed by atoms with E-state index in [1.807, 2.05) is 19.9 Å². The van der Waals surface area contributed by atoms with E-state index in [4.69, 9.17) is 5.26 Å². The Hall–Kier alpha value is -2.92. The molecule has 4 aliphatic carbocycles. The molecular formula is C24H30N6O2. The van der Waals surface area contributed by atoms with Crippen LogP contribution in [-0.2, 0) is 0 Å². The minimum Gasteiger partial charge on any atom is -0.390 e. The number of rotatable bonds is 6. The monoisotopic (exact) mass is 434 g/mol. The van der Waals surface area contributed by atoms with Crippen LogP contribution in [0.3, 0.4) is 0 Å². The van der Waals surface area contributed by atoms with Gasteiger partial charge in [-0.3, -0.25) is 4.79 Å². The van der Waals surface area contributed by atoms with Crippen LogP contribution in [0.2, 0.25) is 0 Å². The fourth-order valence-electron chi connectivity index (χ4n) is 6.23. The second-order valence-electron chi connectivity index (χ2n) is 10.6. The minimum atomic E-state index is -0.524. The maximum absolute atomic E-state index is 13.4. The van der Waals surface area contributed by atoms with Gasteiger partial charge in [-0.1, -0.05) is 19.9 Å². The first-order valence-corrected chi connectivity index (χ1v) is 11.4. The molecule has 4 aliphatic rings. The Labute approximate surface area is 187 Å². The van der Waals surface area contributed by atoms with Crippen molar-refractivity contribution in [3.05, 3.63) is 36.3 Å². The normalized spacial score (nSPS) is 31.2. The number of nitriles is 1. The highest BCUT2D eigenvalue weighted by Crippen LogP contribution is 2.55. The molecule has 2 aromatic heterocycles. The van der Waals surface area contributed by atoms with E-state index in [1.54, 1.807) is 40.2 Å². The number of hydrogen-bond acceptors (Lipinski definition) is 5. The van der Waals surface area contributed by atoms with Crippen LogP contribution < -0.4 is 5.32 Å². The van der Waals surface area contributed by atoms with Crippen molar-refractivity contribution in [3.63, 3.8) is 0 Å². The molecule has 8 nitrogen and oxygen atoms in total. The van der Waals surface area contributed by atoms with E-state index in [0.29, 0.717) is 35.6 Å². The Morgan fingerprint density at radius 2 is 2.09 bits per heavy atom. The van der Waals surface area contributed by atoms with E-state index in [2.05, 4.69) is 21.6 Å². The summed E-state index contributed by atoms with van der Waals surface area (Å²) in [7, 11) is 0. The molecule has 0 aliphatic heterocycles. The van der Waals surface area contributed by atoms with Crippen LogP contribution in [0.4, 0.5) is 0 Å². The molecule has 32 heavy (non-hydrogen) atoms. The molecule has 2 N–H and O–H groups in total. The van der Waals surface area contributed by atoms with Crippen LogP contribution >= 0.6 is 0 Å². The third-order valence-corrected chi connectivity index (χ3v) is 7.48. The van der Waals surface area contributed by atoms with Crippen molar-refractivity contribution >= 4 is 12.1 Å². The summed E-state index contributed by atoms with van der Waals surface area (Å²) >= 11 is 0. The zero-order chi connectivity index (χ0) is 22.5. The van der Waals surface area contributed by atoms with Gasteiger partial charge in [-0.15, -0.1) is 0 Å². The van der Waals surface area contributed by atoms with Crippen molar-refractivity contribution in [2.45, 2.75) is 64.0 Å². The van der Waals surface area contributed by atoms with Gasteiger partial charge in [0.15, 0.2) is 5.82 Å². The number of carbonyl (C=O) groups excluding carboxylic acids is 1. The summed E-state index contributed by atoms with van der Waals surface area (Å²) in [6, 6.07) is 4.11. The van der Waals surface area contributed by atoms with Crippen molar-refractivity contribution in [1.82, 2.24) is 24.9 Å². The van der Waals surface area contributed by atoms with Gasteiger partial charge in [0.1, 0.15) is 5.56 Å². The second-order valence-corrected chi connectivity index (χ2v) is 10.6. The highest BCUT2D eigenvalue weighted by atomic mass is 16.3. The smallest absolute Gasteiger partial charge is 0.257 e. The van der Waals surface area contributed by atoms with E-state index in [9.17, 15) is 9.90 Å². The van der Waals surface area contributed by atoms with Crippen LogP contribution in [0.25, 0.3) is 12.0 Å². The molecule has 0 spiro atoms. The maximum atomic E-state index is 13.4. The summed E-state index contributed by atoms with van der Waals surface area (Å²) in [5.41, 5.74) is -0.376. The predicted molar refractivity (Wildman–Crippen MR) is 118 cm³/mol. The Morgan fingerprint density at radius 3 is 2.72 bits per heavy atom. The number of carbonyl (C=O) groups is 1. The molecule has 2 atom stereocenters. The summed E-state index contributed by atoms with van der Waals surface area (Å²) in [4.78, 5) is 13.4. The van der Waals surface area contributed by atoms with Crippen molar-refractivity contribution in [3.8, 4) is 11.9 Å². The van der Waals surface area contributed by atoms with Gasteiger partial charge in [-0.05, 0) is 61.3 Å². The Kier molecular flexibility index (Phi) is 4.97. The van der Waals surface area contributed by atoms with E-state index < -0.39 is 5.60 Å². The fourth-order valence-corrected chi connectivity index (χ4v) is 6.23. The lowest BCUT2D eigenvalue weighted by atomic mass is 9.52. The summed E-state index contributed by atoms with van der Waals surface area (Å²) in [5, 5.41) is 31.9. The molecule has 2 unspecified atom stereocenters. The molecule has 8 heteroatoms. The van der Waals surface area contributed by atoms with Crippen LogP contribution in [-0.4, -0.2) is 42.2 Å². The SMILES string of the molecule is CC(C)(/C=C/n1ncc(C(=O)NC2C3CC4CC2CC(O)(C4)C3)c1-n1cccn1)CC#N. The molecule has 4 bridgehead atoms. The molecule has 0 saturated heterocycles. The first-order valence-electron chi connectivity index (χ1n) is 11.4. The first kappa shape index (κ1) is 21.0. The van der Waals surface area contributed by atoms with Crippen molar-refractivity contribution < 1.29 is 9.90 Å². The Bertz CT molecular complexity index is 1060. The van der Waals surface area contributed by atoms with Gasteiger partial charge >= 0.3 is 0 Å². The summed E-state index contributed by atoms with van der Waals surface area (Å²) in [6.07, 6.45) is 13.8. The minimum absolute atomic E-state index is 0.0956. The molecule has 6 rings (SSSR count). The van der Waals surface area contributed by atoms with Gasteiger partial charge in [0, 0.05) is 31.1 Å². The van der Waals surface area contributed by atoms with Gasteiger partial charge in [-0.2, -0.15) is 15.5 Å². The van der Waals surface area contributed by atoms with Gasteiger partial charge in [0.2, 0.25) is 0 Å². The largest absolute Gasteiger partial charge is 0.390 e.